The highest BCUT2D eigenvalue weighted by Crippen LogP contribution is 2.32. The van der Waals surface area contributed by atoms with Crippen molar-refractivity contribution in [1.29, 1.82) is 0 Å². The number of hydrogen-bond acceptors (Lipinski definition) is 6. The van der Waals surface area contributed by atoms with Crippen LogP contribution in [0.3, 0.4) is 0 Å². The van der Waals surface area contributed by atoms with E-state index in [1.165, 1.54) is 14.0 Å². The van der Waals surface area contributed by atoms with Crippen molar-refractivity contribution in [2.75, 3.05) is 7.11 Å². The van der Waals surface area contributed by atoms with Crippen molar-refractivity contribution in [1.82, 2.24) is 0 Å². The van der Waals surface area contributed by atoms with Gasteiger partial charge in [0.1, 0.15) is 0 Å². The first kappa shape index (κ1) is 13.9. The van der Waals surface area contributed by atoms with Crippen molar-refractivity contribution in [3.8, 4) is 0 Å². The summed E-state index contributed by atoms with van der Waals surface area (Å²) in [5.41, 5.74) is 0. The lowest BCUT2D eigenvalue weighted by Gasteiger charge is -2.40. The van der Waals surface area contributed by atoms with Crippen LogP contribution in [0.15, 0.2) is 0 Å². The van der Waals surface area contributed by atoms with Crippen LogP contribution in [0.1, 0.15) is 20.8 Å². The number of carbonyl (C=O) groups is 2. The number of ether oxygens (including phenoxy) is 3. The predicted molar refractivity (Wildman–Crippen MR) is 56.8 cm³/mol. The van der Waals surface area contributed by atoms with Crippen molar-refractivity contribution in [2.45, 2.75) is 39.3 Å². The Morgan fingerprint density at radius 2 is 1.82 bits per heavy atom. The van der Waals surface area contributed by atoms with E-state index in [9.17, 15) is 14.7 Å². The van der Waals surface area contributed by atoms with Gasteiger partial charge in [0, 0.05) is 12.8 Å². The Hall–Kier alpha value is -1.14. The van der Waals surface area contributed by atoms with Gasteiger partial charge in [-0.15, -0.1) is 0 Å². The Morgan fingerprint density at radius 1 is 1.24 bits per heavy atom. The number of methoxy groups -OCH3 is 1. The molecule has 0 bridgehead atoms. The molecule has 98 valence electrons. The summed E-state index contributed by atoms with van der Waals surface area (Å²) in [7, 11) is 1.26. The standard InChI is InChI=1S/C11H18O6/c1-5-6(2)9(16-7(3)12)11(14)17-8(5)10(13)15-4/h5-6,8-9,11,14H,1-4H3/t5-,6+,8?,9?,11?/m1/s1. The van der Waals surface area contributed by atoms with E-state index in [2.05, 4.69) is 4.74 Å². The molecule has 1 rings (SSSR count). The Bertz CT molecular complexity index is 302. The number of hydrogen-bond donors (Lipinski definition) is 1. The van der Waals surface area contributed by atoms with Gasteiger partial charge in [-0.2, -0.15) is 0 Å². The average Bonchev–Trinajstić information content (AvgIpc) is 2.28. The minimum atomic E-state index is -1.31. The first-order chi connectivity index (χ1) is 7.88. The molecular formula is C11H18O6. The molecule has 0 aromatic carbocycles. The topological polar surface area (TPSA) is 82.1 Å². The van der Waals surface area contributed by atoms with E-state index in [1.807, 2.05) is 0 Å². The van der Waals surface area contributed by atoms with Gasteiger partial charge >= 0.3 is 11.9 Å². The van der Waals surface area contributed by atoms with Crippen molar-refractivity contribution in [3.05, 3.63) is 0 Å². The number of carbonyl (C=O) groups excluding carboxylic acids is 2. The molecule has 1 N–H and O–H groups in total. The van der Waals surface area contributed by atoms with Crippen LogP contribution in [0, 0.1) is 11.8 Å². The second-order valence-electron chi connectivity index (χ2n) is 4.26. The van der Waals surface area contributed by atoms with Crippen LogP contribution in [0.2, 0.25) is 0 Å². The molecule has 0 amide bonds. The van der Waals surface area contributed by atoms with Crippen LogP contribution in [0.25, 0.3) is 0 Å². The molecule has 0 saturated carbocycles. The van der Waals surface area contributed by atoms with Gasteiger partial charge in [0.05, 0.1) is 7.11 Å². The summed E-state index contributed by atoms with van der Waals surface area (Å²) in [5, 5.41) is 9.71. The SMILES string of the molecule is COC(=O)C1OC(O)C(OC(C)=O)[C@@H](C)[C@H]1C. The summed E-state index contributed by atoms with van der Waals surface area (Å²) in [6.45, 7) is 4.84. The van der Waals surface area contributed by atoms with Crippen molar-refractivity contribution in [3.63, 3.8) is 0 Å². The highest BCUT2D eigenvalue weighted by Gasteiger charge is 2.45. The van der Waals surface area contributed by atoms with Gasteiger partial charge < -0.3 is 19.3 Å². The largest absolute Gasteiger partial charge is 0.467 e. The second kappa shape index (κ2) is 5.46. The van der Waals surface area contributed by atoms with Crippen LogP contribution < -0.4 is 0 Å². The predicted octanol–water partition coefficient (Wildman–Crippen LogP) is 0.0805. The number of esters is 2. The lowest BCUT2D eigenvalue weighted by atomic mass is 9.83. The van der Waals surface area contributed by atoms with E-state index in [0.29, 0.717) is 0 Å². The summed E-state index contributed by atoms with van der Waals surface area (Å²) in [4.78, 5) is 22.3. The third-order valence-electron chi connectivity index (χ3n) is 3.13. The third-order valence-corrected chi connectivity index (χ3v) is 3.13. The van der Waals surface area contributed by atoms with E-state index >= 15 is 0 Å². The van der Waals surface area contributed by atoms with Crippen LogP contribution in [0.5, 0.6) is 0 Å². The van der Waals surface area contributed by atoms with Crippen LogP contribution in [-0.4, -0.2) is 42.7 Å². The molecule has 0 aromatic rings. The molecule has 6 nitrogen and oxygen atoms in total. The second-order valence-corrected chi connectivity index (χ2v) is 4.26. The summed E-state index contributed by atoms with van der Waals surface area (Å²) in [6.07, 6.45) is -2.91. The van der Waals surface area contributed by atoms with E-state index in [-0.39, 0.29) is 11.8 Å². The van der Waals surface area contributed by atoms with Gasteiger partial charge in [-0.25, -0.2) is 4.79 Å². The zero-order valence-corrected chi connectivity index (χ0v) is 10.4. The smallest absolute Gasteiger partial charge is 0.335 e. The number of aliphatic hydroxyl groups is 1. The van der Waals surface area contributed by atoms with Crippen molar-refractivity contribution >= 4 is 11.9 Å². The molecule has 1 aliphatic rings. The van der Waals surface area contributed by atoms with Gasteiger partial charge in [-0.1, -0.05) is 13.8 Å². The summed E-state index contributed by atoms with van der Waals surface area (Å²) in [5.74, 6) is -1.44. The molecule has 1 saturated heterocycles. The monoisotopic (exact) mass is 246 g/mol. The van der Waals surface area contributed by atoms with Crippen LogP contribution in [-0.2, 0) is 23.8 Å². The van der Waals surface area contributed by atoms with Gasteiger partial charge in [0.2, 0.25) is 0 Å². The zero-order chi connectivity index (χ0) is 13.2. The molecule has 1 heterocycles. The maximum Gasteiger partial charge on any atom is 0.335 e. The lowest BCUT2D eigenvalue weighted by molar-refractivity contribution is -0.258. The van der Waals surface area contributed by atoms with E-state index in [0.717, 1.165) is 0 Å². The summed E-state index contributed by atoms with van der Waals surface area (Å²) < 4.78 is 14.7. The average molecular weight is 246 g/mol. The molecule has 17 heavy (non-hydrogen) atoms. The number of rotatable bonds is 2. The Balaban J connectivity index is 2.79. The summed E-state index contributed by atoms with van der Waals surface area (Å²) in [6, 6.07) is 0. The third kappa shape index (κ3) is 2.95. The van der Waals surface area contributed by atoms with Gasteiger partial charge in [-0.05, 0) is 5.92 Å². The van der Waals surface area contributed by atoms with Gasteiger partial charge in [0.15, 0.2) is 18.5 Å². The normalized spacial score (nSPS) is 37.4. The molecule has 1 fully saturated rings. The first-order valence-electron chi connectivity index (χ1n) is 5.47. The van der Waals surface area contributed by atoms with Crippen LogP contribution in [0.4, 0.5) is 0 Å². The molecule has 0 radical (unpaired) electrons. The molecule has 0 aliphatic carbocycles. The first-order valence-corrected chi connectivity index (χ1v) is 5.47. The quantitative estimate of drug-likeness (QED) is 0.695. The lowest BCUT2D eigenvalue weighted by Crippen LogP contribution is -2.53. The highest BCUT2D eigenvalue weighted by molar-refractivity contribution is 5.75. The minimum Gasteiger partial charge on any atom is -0.467 e. The fourth-order valence-electron chi connectivity index (χ4n) is 1.93. The Labute approximate surface area is 99.8 Å². The molecule has 6 heteroatoms. The fourth-order valence-corrected chi connectivity index (χ4v) is 1.93. The Morgan fingerprint density at radius 3 is 2.29 bits per heavy atom. The van der Waals surface area contributed by atoms with Crippen LogP contribution >= 0.6 is 0 Å². The van der Waals surface area contributed by atoms with E-state index in [4.69, 9.17) is 9.47 Å². The van der Waals surface area contributed by atoms with Crippen molar-refractivity contribution in [2.24, 2.45) is 11.8 Å². The molecule has 0 aromatic heterocycles. The molecule has 3 unspecified atom stereocenters. The Kier molecular flexibility index (Phi) is 4.47. The van der Waals surface area contributed by atoms with Crippen molar-refractivity contribution < 1.29 is 28.9 Å². The summed E-state index contributed by atoms with van der Waals surface area (Å²) >= 11 is 0. The molecular weight excluding hydrogens is 228 g/mol. The van der Waals surface area contributed by atoms with E-state index < -0.39 is 30.4 Å². The van der Waals surface area contributed by atoms with E-state index in [1.54, 1.807) is 13.8 Å². The maximum atomic E-state index is 11.4. The maximum absolute atomic E-state index is 11.4. The fraction of sp³-hybridized carbons (Fsp3) is 0.818. The highest BCUT2D eigenvalue weighted by atomic mass is 16.7. The number of aliphatic hydroxyl groups excluding tert-OH is 1. The molecule has 0 spiro atoms. The molecule has 1 aliphatic heterocycles. The minimum absolute atomic E-state index is 0.202. The zero-order valence-electron chi connectivity index (χ0n) is 10.4. The molecule has 5 atom stereocenters. The van der Waals surface area contributed by atoms with Gasteiger partial charge in [-0.3, -0.25) is 4.79 Å². The van der Waals surface area contributed by atoms with Gasteiger partial charge in [0.25, 0.3) is 0 Å².